The summed E-state index contributed by atoms with van der Waals surface area (Å²) in [4.78, 5) is 37.5. The van der Waals surface area contributed by atoms with E-state index in [2.05, 4.69) is 10.4 Å². The van der Waals surface area contributed by atoms with E-state index in [1.807, 2.05) is 0 Å². The minimum Gasteiger partial charge on any atom is -0.376 e. The van der Waals surface area contributed by atoms with Crippen LogP contribution in [0.1, 0.15) is 17.4 Å². The van der Waals surface area contributed by atoms with Gasteiger partial charge in [-0.3, -0.25) is 24.2 Å². The average Bonchev–Trinajstić information content (AvgIpc) is 3.10. The van der Waals surface area contributed by atoms with Crippen LogP contribution in [0.4, 0.5) is 4.39 Å². The van der Waals surface area contributed by atoms with E-state index in [0.717, 1.165) is 10.7 Å². The normalized spacial score (nSPS) is 29.6. The summed E-state index contributed by atoms with van der Waals surface area (Å²) in [6.07, 6.45) is -1.41. The van der Waals surface area contributed by atoms with Gasteiger partial charge in [-0.2, -0.15) is 0 Å². The van der Waals surface area contributed by atoms with Gasteiger partial charge in [0.15, 0.2) is 5.60 Å². The van der Waals surface area contributed by atoms with Gasteiger partial charge in [-0.15, -0.1) is 0 Å². The Hall–Kier alpha value is -2.20. The van der Waals surface area contributed by atoms with Crippen LogP contribution in [0.2, 0.25) is 0 Å². The third-order valence-electron chi connectivity index (χ3n) is 4.46. The molecule has 2 fully saturated rings. The quantitative estimate of drug-likeness (QED) is 0.708. The Morgan fingerprint density at radius 3 is 2.76 bits per heavy atom. The summed E-state index contributed by atoms with van der Waals surface area (Å²) in [5, 5.41) is 5.10. The highest BCUT2D eigenvalue weighted by Crippen LogP contribution is 2.23. The van der Waals surface area contributed by atoms with Gasteiger partial charge in [0.1, 0.15) is 11.9 Å². The summed E-state index contributed by atoms with van der Waals surface area (Å²) in [7, 11) is 1.47. The molecule has 0 aromatic carbocycles. The highest BCUT2D eigenvalue weighted by molar-refractivity contribution is 5.92. The number of alkyl halides is 1. The number of aromatic amines is 1. The van der Waals surface area contributed by atoms with Crippen molar-refractivity contribution in [2.75, 3.05) is 32.9 Å². The van der Waals surface area contributed by atoms with Gasteiger partial charge in [-0.25, -0.2) is 4.39 Å². The third kappa shape index (κ3) is 3.45. The Labute approximate surface area is 143 Å². The van der Waals surface area contributed by atoms with E-state index >= 15 is 0 Å². The Bertz CT molecular complexity index is 724. The molecule has 0 saturated carbocycles. The molecule has 1 unspecified atom stereocenters. The van der Waals surface area contributed by atoms with Crippen molar-refractivity contribution in [3.63, 3.8) is 0 Å². The van der Waals surface area contributed by atoms with Crippen LogP contribution < -0.4 is 10.9 Å². The van der Waals surface area contributed by atoms with E-state index in [4.69, 9.17) is 9.47 Å². The first kappa shape index (κ1) is 17.6. The number of hydrogen-bond donors (Lipinski definition) is 2. The van der Waals surface area contributed by atoms with Gasteiger partial charge < -0.3 is 19.7 Å². The molecular formula is C15H21FN4O5. The maximum atomic E-state index is 14.3. The highest BCUT2D eigenvalue weighted by Gasteiger charge is 2.45. The number of rotatable bonds is 3. The molecule has 0 aliphatic carbocycles. The molecule has 9 nitrogen and oxygen atoms in total. The number of halogens is 1. The molecule has 2 aliphatic rings. The van der Waals surface area contributed by atoms with Crippen LogP contribution in [0.25, 0.3) is 0 Å². The lowest BCUT2D eigenvalue weighted by Crippen LogP contribution is -2.54. The second kappa shape index (κ2) is 6.60. The number of aryl methyl sites for hydroxylation is 1. The van der Waals surface area contributed by atoms with Gasteiger partial charge in [0.2, 0.25) is 0 Å². The number of nitrogens with zero attached hydrogens (tertiary/aromatic N) is 2. The van der Waals surface area contributed by atoms with E-state index in [9.17, 15) is 18.8 Å². The number of amides is 2. The minimum absolute atomic E-state index is 0.0295. The Morgan fingerprint density at radius 2 is 2.16 bits per heavy atom. The number of H-pyrrole nitrogens is 1. The van der Waals surface area contributed by atoms with Crippen LogP contribution in [0.15, 0.2) is 10.9 Å². The molecule has 1 aromatic heterocycles. The van der Waals surface area contributed by atoms with E-state index in [1.54, 1.807) is 6.92 Å². The number of ether oxygens (including phenoxy) is 2. The zero-order valence-electron chi connectivity index (χ0n) is 14.1. The second-order valence-electron chi connectivity index (χ2n) is 6.51. The smallest absolute Gasteiger partial charge is 0.269 e. The van der Waals surface area contributed by atoms with Gasteiger partial charge in [-0.05, 0) is 6.92 Å². The molecule has 2 aliphatic heterocycles. The van der Waals surface area contributed by atoms with Crippen LogP contribution >= 0.6 is 0 Å². The van der Waals surface area contributed by atoms with Crippen molar-refractivity contribution in [3.05, 3.63) is 22.1 Å². The number of aromatic nitrogens is 2. The summed E-state index contributed by atoms with van der Waals surface area (Å²) < 4.78 is 26.2. The SMILES string of the molecule is Cn1[nH]c(C(=O)N[C@@H]2CN(C(=O)C3(C)COCCO3)C[C@@H]2F)cc1=O. The Morgan fingerprint density at radius 1 is 1.40 bits per heavy atom. The molecule has 0 bridgehead atoms. The third-order valence-corrected chi connectivity index (χ3v) is 4.46. The summed E-state index contributed by atoms with van der Waals surface area (Å²) in [6.45, 7) is 2.35. The molecule has 138 valence electrons. The molecule has 2 saturated heterocycles. The lowest BCUT2D eigenvalue weighted by Gasteiger charge is -2.35. The summed E-state index contributed by atoms with van der Waals surface area (Å²) in [5.74, 6) is -0.956. The van der Waals surface area contributed by atoms with E-state index in [-0.39, 0.29) is 36.9 Å². The molecule has 3 atom stereocenters. The molecule has 0 spiro atoms. The lowest BCUT2D eigenvalue weighted by atomic mass is 10.1. The molecule has 3 rings (SSSR count). The van der Waals surface area contributed by atoms with Crippen molar-refractivity contribution >= 4 is 11.8 Å². The maximum Gasteiger partial charge on any atom is 0.269 e. The molecule has 1 aromatic rings. The number of carbonyl (C=O) groups is 2. The molecule has 2 N–H and O–H groups in total. The molecule has 0 radical (unpaired) electrons. The van der Waals surface area contributed by atoms with Crippen LogP contribution in [0.5, 0.6) is 0 Å². The number of nitrogens with one attached hydrogen (secondary N) is 2. The zero-order valence-corrected chi connectivity index (χ0v) is 14.1. The highest BCUT2D eigenvalue weighted by atomic mass is 19.1. The second-order valence-corrected chi connectivity index (χ2v) is 6.51. The van der Waals surface area contributed by atoms with Gasteiger partial charge in [-0.1, -0.05) is 0 Å². The van der Waals surface area contributed by atoms with Gasteiger partial charge in [0, 0.05) is 19.7 Å². The fraction of sp³-hybridized carbons (Fsp3) is 0.667. The van der Waals surface area contributed by atoms with Crippen molar-refractivity contribution in [2.45, 2.75) is 24.7 Å². The van der Waals surface area contributed by atoms with Crippen molar-refractivity contribution in [3.8, 4) is 0 Å². The zero-order chi connectivity index (χ0) is 18.2. The summed E-state index contributed by atoms with van der Waals surface area (Å²) in [6, 6.07) is 0.280. The number of hydrogen-bond acceptors (Lipinski definition) is 5. The van der Waals surface area contributed by atoms with Crippen LogP contribution in [0, 0.1) is 0 Å². The first-order valence-electron chi connectivity index (χ1n) is 8.02. The van der Waals surface area contributed by atoms with E-state index in [1.165, 1.54) is 11.9 Å². The topological polar surface area (TPSA) is 106 Å². The molecule has 2 amide bonds. The molecular weight excluding hydrogens is 335 g/mol. The molecule has 3 heterocycles. The summed E-state index contributed by atoms with van der Waals surface area (Å²) >= 11 is 0. The number of carbonyl (C=O) groups excluding carboxylic acids is 2. The summed E-state index contributed by atoms with van der Waals surface area (Å²) in [5.41, 5.74) is -1.46. The first-order chi connectivity index (χ1) is 11.8. The first-order valence-corrected chi connectivity index (χ1v) is 8.02. The van der Waals surface area contributed by atoms with Crippen molar-refractivity contribution in [1.82, 2.24) is 20.0 Å². The van der Waals surface area contributed by atoms with Crippen LogP contribution in [-0.4, -0.2) is 77.2 Å². The van der Waals surface area contributed by atoms with E-state index < -0.39 is 23.7 Å². The molecule has 10 heteroatoms. The van der Waals surface area contributed by atoms with Gasteiger partial charge >= 0.3 is 0 Å². The fourth-order valence-electron chi connectivity index (χ4n) is 3.01. The van der Waals surface area contributed by atoms with Gasteiger partial charge in [0.25, 0.3) is 17.4 Å². The minimum atomic E-state index is -1.41. The number of likely N-dealkylation sites (tertiary alicyclic amines) is 1. The monoisotopic (exact) mass is 356 g/mol. The maximum absolute atomic E-state index is 14.3. The van der Waals surface area contributed by atoms with Crippen LogP contribution in [0.3, 0.4) is 0 Å². The standard InChI is InChI=1S/C15H21FN4O5/c1-15(8-24-3-4-25-15)14(23)20-6-9(16)11(7-20)17-13(22)10-5-12(21)19(2)18-10/h5,9,11,18H,3-4,6-8H2,1-2H3,(H,17,22)/t9-,11+,15?/m0/s1. The van der Waals surface area contributed by atoms with Crippen LogP contribution in [-0.2, 0) is 21.3 Å². The Balaban J connectivity index is 1.64. The predicted molar refractivity (Wildman–Crippen MR) is 83.9 cm³/mol. The van der Waals surface area contributed by atoms with Crippen molar-refractivity contribution < 1.29 is 23.5 Å². The van der Waals surface area contributed by atoms with Crippen molar-refractivity contribution in [2.24, 2.45) is 7.05 Å². The average molecular weight is 356 g/mol. The molecule has 25 heavy (non-hydrogen) atoms. The largest absolute Gasteiger partial charge is 0.376 e. The lowest BCUT2D eigenvalue weighted by molar-refractivity contribution is -0.182. The van der Waals surface area contributed by atoms with Crippen molar-refractivity contribution in [1.29, 1.82) is 0 Å². The van der Waals surface area contributed by atoms with Gasteiger partial charge in [0.05, 0.1) is 32.4 Å². The fourth-order valence-corrected chi connectivity index (χ4v) is 3.01. The van der Waals surface area contributed by atoms with E-state index in [0.29, 0.717) is 13.2 Å². The predicted octanol–water partition coefficient (Wildman–Crippen LogP) is -1.20. The Kier molecular flexibility index (Phi) is 4.65.